The van der Waals surface area contributed by atoms with E-state index in [1.165, 1.54) is 12.1 Å². The molecule has 3 aromatic rings. The zero-order valence-corrected chi connectivity index (χ0v) is 20.7. The minimum Gasteiger partial charge on any atom is -0.490 e. The Kier molecular flexibility index (Phi) is 9.36. The highest BCUT2D eigenvalue weighted by atomic mass is 32.2. The lowest BCUT2D eigenvalue weighted by Gasteiger charge is -2.12. The first-order valence-electron chi connectivity index (χ1n) is 10.5. The Morgan fingerprint density at radius 3 is 2.33 bits per heavy atom. The number of hydrogen-bond donors (Lipinski definition) is 2. The van der Waals surface area contributed by atoms with Crippen LogP contribution in [0, 0.1) is 0 Å². The third-order valence-corrected chi connectivity index (χ3v) is 6.10. The van der Waals surface area contributed by atoms with E-state index in [1.54, 1.807) is 18.2 Å². The number of nitrogens with zero attached hydrogens (tertiary/aromatic N) is 2. The fraction of sp³-hybridized carbons (Fsp3) is 0.273. The van der Waals surface area contributed by atoms with Crippen LogP contribution in [0.3, 0.4) is 0 Å². The van der Waals surface area contributed by atoms with Gasteiger partial charge in [0.05, 0.1) is 19.0 Å². The molecule has 0 saturated carbocycles. The molecule has 0 radical (unpaired) electrons. The summed E-state index contributed by atoms with van der Waals surface area (Å²) in [5.41, 5.74) is 0.652. The molecule has 2 aromatic carbocycles. The van der Waals surface area contributed by atoms with E-state index < -0.39 is 23.9 Å². The molecule has 0 spiro atoms. The fourth-order valence-electron chi connectivity index (χ4n) is 2.74. The first-order valence-corrected chi connectivity index (χ1v) is 12.3. The molecular formula is C22H21F3N4O5S2. The number of benzene rings is 2. The van der Waals surface area contributed by atoms with Crippen LogP contribution < -0.4 is 24.8 Å². The molecule has 0 aliphatic rings. The van der Waals surface area contributed by atoms with Crippen molar-refractivity contribution in [3.05, 3.63) is 48.0 Å². The quantitative estimate of drug-likeness (QED) is 0.251. The van der Waals surface area contributed by atoms with Crippen LogP contribution in [-0.4, -0.2) is 47.3 Å². The molecular weight excluding hydrogens is 521 g/mol. The second-order valence-electron chi connectivity index (χ2n) is 6.76. The average molecular weight is 543 g/mol. The van der Waals surface area contributed by atoms with Gasteiger partial charge in [-0.3, -0.25) is 14.9 Å². The number of amides is 2. The zero-order chi connectivity index (χ0) is 26.1. The number of carbonyl (C=O) groups is 2. The van der Waals surface area contributed by atoms with E-state index in [-0.39, 0.29) is 10.9 Å². The molecule has 2 amide bonds. The van der Waals surface area contributed by atoms with Gasteiger partial charge in [0.2, 0.25) is 11.0 Å². The standard InChI is InChI=1S/C22H21F3N4O5S2/c1-3-32-16-10-5-13(11-17(16)33-4-2)19(31)27-20-28-29-21(36-20)35-12-18(30)26-14-6-8-15(9-7-14)34-22(23,24)25/h5-11H,3-4,12H2,1-2H3,(H,26,30)(H,27,28,31). The van der Waals surface area contributed by atoms with Gasteiger partial charge in [-0.2, -0.15) is 0 Å². The number of hydrogen-bond acceptors (Lipinski definition) is 9. The first kappa shape index (κ1) is 27.1. The van der Waals surface area contributed by atoms with Crippen LogP contribution in [0.2, 0.25) is 0 Å². The molecule has 0 fully saturated rings. The summed E-state index contributed by atoms with van der Waals surface area (Å²) in [5.74, 6) is -0.244. The first-order chi connectivity index (χ1) is 17.2. The summed E-state index contributed by atoms with van der Waals surface area (Å²) in [6, 6.07) is 9.61. The summed E-state index contributed by atoms with van der Waals surface area (Å²) >= 11 is 2.18. The van der Waals surface area contributed by atoms with Crippen molar-refractivity contribution < 1.29 is 37.0 Å². The SMILES string of the molecule is CCOc1ccc(C(=O)Nc2nnc(SCC(=O)Nc3ccc(OC(F)(F)F)cc3)s2)cc1OCC. The van der Waals surface area contributed by atoms with Crippen molar-refractivity contribution in [2.24, 2.45) is 0 Å². The number of aromatic nitrogens is 2. The Balaban J connectivity index is 1.51. The zero-order valence-electron chi connectivity index (χ0n) is 19.0. The Labute approximate surface area is 212 Å². The van der Waals surface area contributed by atoms with Crippen molar-refractivity contribution in [2.75, 3.05) is 29.6 Å². The Bertz CT molecular complexity index is 1190. The van der Waals surface area contributed by atoms with E-state index in [9.17, 15) is 22.8 Å². The molecule has 0 atom stereocenters. The minimum absolute atomic E-state index is 0.0278. The van der Waals surface area contributed by atoms with Gasteiger partial charge in [-0.25, -0.2) is 0 Å². The molecule has 36 heavy (non-hydrogen) atoms. The maximum absolute atomic E-state index is 12.6. The van der Waals surface area contributed by atoms with Gasteiger partial charge in [-0.05, 0) is 56.3 Å². The number of alkyl halides is 3. The molecule has 9 nitrogen and oxygen atoms in total. The predicted octanol–water partition coefficient (Wildman–Crippen LogP) is 5.22. The lowest BCUT2D eigenvalue weighted by molar-refractivity contribution is -0.274. The molecule has 3 rings (SSSR count). The number of thioether (sulfide) groups is 1. The topological polar surface area (TPSA) is 112 Å². The van der Waals surface area contributed by atoms with Gasteiger partial charge < -0.3 is 19.5 Å². The predicted molar refractivity (Wildman–Crippen MR) is 129 cm³/mol. The Hall–Kier alpha value is -3.52. The van der Waals surface area contributed by atoms with E-state index in [2.05, 4.69) is 25.6 Å². The summed E-state index contributed by atoms with van der Waals surface area (Å²) in [6.45, 7) is 4.54. The van der Waals surface area contributed by atoms with E-state index in [4.69, 9.17) is 9.47 Å². The van der Waals surface area contributed by atoms with Crippen LogP contribution in [0.25, 0.3) is 0 Å². The van der Waals surface area contributed by atoms with Crippen LogP contribution in [0.1, 0.15) is 24.2 Å². The Morgan fingerprint density at radius 1 is 0.972 bits per heavy atom. The third-order valence-electron chi connectivity index (χ3n) is 4.13. The number of carbonyl (C=O) groups excluding carboxylic acids is 2. The number of halogens is 3. The highest BCUT2D eigenvalue weighted by Crippen LogP contribution is 2.30. The van der Waals surface area contributed by atoms with E-state index in [1.807, 2.05) is 13.8 Å². The second kappa shape index (κ2) is 12.4. The van der Waals surface area contributed by atoms with Gasteiger partial charge in [0.1, 0.15) is 5.75 Å². The van der Waals surface area contributed by atoms with Gasteiger partial charge in [-0.15, -0.1) is 23.4 Å². The van der Waals surface area contributed by atoms with Crippen LogP contribution in [-0.2, 0) is 4.79 Å². The van der Waals surface area contributed by atoms with Crippen molar-refractivity contribution in [3.63, 3.8) is 0 Å². The normalized spacial score (nSPS) is 11.0. The molecule has 192 valence electrons. The Morgan fingerprint density at radius 2 is 1.67 bits per heavy atom. The molecule has 2 N–H and O–H groups in total. The van der Waals surface area contributed by atoms with Crippen molar-refractivity contribution in [3.8, 4) is 17.2 Å². The van der Waals surface area contributed by atoms with Gasteiger partial charge in [0.15, 0.2) is 15.8 Å². The molecule has 0 saturated heterocycles. The molecule has 0 aliphatic carbocycles. The minimum atomic E-state index is -4.79. The van der Waals surface area contributed by atoms with Gasteiger partial charge in [-0.1, -0.05) is 23.1 Å². The number of rotatable bonds is 11. The summed E-state index contributed by atoms with van der Waals surface area (Å²) in [6.07, 6.45) is -4.79. The van der Waals surface area contributed by atoms with E-state index in [0.717, 1.165) is 35.2 Å². The monoisotopic (exact) mass is 542 g/mol. The number of nitrogens with one attached hydrogen (secondary N) is 2. The second-order valence-corrected chi connectivity index (χ2v) is 8.96. The molecule has 1 heterocycles. The molecule has 0 aliphatic heterocycles. The summed E-state index contributed by atoms with van der Waals surface area (Å²) in [4.78, 5) is 24.8. The van der Waals surface area contributed by atoms with Gasteiger partial charge >= 0.3 is 6.36 Å². The van der Waals surface area contributed by atoms with E-state index >= 15 is 0 Å². The largest absolute Gasteiger partial charge is 0.573 e. The third kappa shape index (κ3) is 8.30. The lowest BCUT2D eigenvalue weighted by Crippen LogP contribution is -2.17. The highest BCUT2D eigenvalue weighted by Gasteiger charge is 2.31. The van der Waals surface area contributed by atoms with E-state index in [0.29, 0.717) is 40.3 Å². The van der Waals surface area contributed by atoms with Gasteiger partial charge in [0, 0.05) is 11.3 Å². The van der Waals surface area contributed by atoms with Crippen molar-refractivity contribution in [1.82, 2.24) is 10.2 Å². The number of anilines is 2. The van der Waals surface area contributed by atoms with Crippen molar-refractivity contribution in [2.45, 2.75) is 24.5 Å². The summed E-state index contributed by atoms with van der Waals surface area (Å²) in [7, 11) is 0. The summed E-state index contributed by atoms with van der Waals surface area (Å²) in [5, 5.41) is 13.3. The molecule has 0 unspecified atom stereocenters. The van der Waals surface area contributed by atoms with Crippen molar-refractivity contribution in [1.29, 1.82) is 0 Å². The van der Waals surface area contributed by atoms with Crippen molar-refractivity contribution >= 4 is 45.7 Å². The van der Waals surface area contributed by atoms with Crippen LogP contribution in [0.4, 0.5) is 24.0 Å². The highest BCUT2D eigenvalue weighted by molar-refractivity contribution is 8.01. The van der Waals surface area contributed by atoms with Crippen LogP contribution in [0.15, 0.2) is 46.8 Å². The smallest absolute Gasteiger partial charge is 0.490 e. The molecule has 14 heteroatoms. The van der Waals surface area contributed by atoms with Crippen LogP contribution >= 0.6 is 23.1 Å². The maximum atomic E-state index is 12.6. The fourth-order valence-corrected chi connectivity index (χ4v) is 4.29. The lowest BCUT2D eigenvalue weighted by atomic mass is 10.2. The molecule has 1 aromatic heterocycles. The van der Waals surface area contributed by atoms with Crippen LogP contribution in [0.5, 0.6) is 17.2 Å². The maximum Gasteiger partial charge on any atom is 0.573 e. The van der Waals surface area contributed by atoms with Gasteiger partial charge in [0.25, 0.3) is 5.91 Å². The number of ether oxygens (including phenoxy) is 3. The molecule has 0 bridgehead atoms. The summed E-state index contributed by atoms with van der Waals surface area (Å²) < 4.78 is 51.9. The average Bonchev–Trinajstić information content (AvgIpc) is 3.27.